The second-order valence-electron chi connectivity index (χ2n) is 7.88. The molecule has 28 heavy (non-hydrogen) atoms. The Balaban J connectivity index is 1.50. The van der Waals surface area contributed by atoms with Gasteiger partial charge in [-0.1, -0.05) is 38.1 Å². The standard InChI is InChI=1S/C22H29N3O3/c1-16-9-17(2)13-25(12-16)14-19-6-4-3-5-18(19)10-23-21(26)11-24-22(27)20-7-8-28-15-20/h3-8,15-17H,9-14H2,1-2H3,(H,23,26)(H,24,27). The number of piperidine rings is 1. The smallest absolute Gasteiger partial charge is 0.254 e. The van der Waals surface area contributed by atoms with Gasteiger partial charge in [-0.25, -0.2) is 0 Å². The number of benzene rings is 1. The van der Waals surface area contributed by atoms with Crippen molar-refractivity contribution in [2.75, 3.05) is 19.6 Å². The molecule has 6 heteroatoms. The fraction of sp³-hybridized carbons (Fsp3) is 0.455. The van der Waals surface area contributed by atoms with Gasteiger partial charge in [0, 0.05) is 26.2 Å². The van der Waals surface area contributed by atoms with Gasteiger partial charge in [-0.05, 0) is 35.4 Å². The van der Waals surface area contributed by atoms with Crippen molar-refractivity contribution in [3.8, 4) is 0 Å². The summed E-state index contributed by atoms with van der Waals surface area (Å²) in [5.74, 6) is 0.897. The lowest BCUT2D eigenvalue weighted by Gasteiger charge is -2.35. The summed E-state index contributed by atoms with van der Waals surface area (Å²) >= 11 is 0. The lowest BCUT2D eigenvalue weighted by molar-refractivity contribution is -0.120. The Morgan fingerprint density at radius 2 is 1.79 bits per heavy atom. The highest BCUT2D eigenvalue weighted by molar-refractivity contribution is 5.96. The SMILES string of the molecule is CC1CC(C)CN(Cc2ccccc2CNC(=O)CNC(=O)c2ccoc2)C1. The predicted octanol–water partition coefficient (Wildman–Crippen LogP) is 2.80. The van der Waals surface area contributed by atoms with Crippen LogP contribution < -0.4 is 10.6 Å². The van der Waals surface area contributed by atoms with Crippen LogP contribution in [0.25, 0.3) is 0 Å². The van der Waals surface area contributed by atoms with Gasteiger partial charge >= 0.3 is 0 Å². The zero-order chi connectivity index (χ0) is 19.9. The van der Waals surface area contributed by atoms with E-state index in [0.29, 0.717) is 12.1 Å². The van der Waals surface area contributed by atoms with Crippen molar-refractivity contribution in [1.29, 1.82) is 0 Å². The summed E-state index contributed by atoms with van der Waals surface area (Å²) in [6.45, 7) is 8.15. The molecule has 2 unspecified atom stereocenters. The van der Waals surface area contributed by atoms with Gasteiger partial charge < -0.3 is 15.1 Å². The number of rotatable bonds is 7. The summed E-state index contributed by atoms with van der Waals surface area (Å²) in [6.07, 6.45) is 4.07. The maximum Gasteiger partial charge on any atom is 0.254 e. The molecule has 2 N–H and O–H groups in total. The fourth-order valence-electron chi connectivity index (χ4n) is 3.96. The third-order valence-electron chi connectivity index (χ3n) is 5.13. The van der Waals surface area contributed by atoms with Gasteiger partial charge in [-0.3, -0.25) is 14.5 Å². The third kappa shape index (κ3) is 5.70. The second kappa shape index (κ2) is 9.55. The Kier molecular flexibility index (Phi) is 6.87. The second-order valence-corrected chi connectivity index (χ2v) is 7.88. The number of likely N-dealkylation sites (tertiary alicyclic amines) is 1. The lowest BCUT2D eigenvalue weighted by atomic mass is 9.91. The molecule has 2 atom stereocenters. The van der Waals surface area contributed by atoms with E-state index in [4.69, 9.17) is 4.42 Å². The molecule has 3 rings (SSSR count). The van der Waals surface area contributed by atoms with E-state index in [1.165, 1.54) is 24.5 Å². The largest absolute Gasteiger partial charge is 0.472 e. The van der Waals surface area contributed by atoms with Gasteiger partial charge in [0.05, 0.1) is 18.4 Å². The highest BCUT2D eigenvalue weighted by atomic mass is 16.3. The minimum absolute atomic E-state index is 0.0622. The van der Waals surface area contributed by atoms with E-state index < -0.39 is 0 Å². The molecule has 1 aliphatic heterocycles. The molecule has 0 spiro atoms. The molecular formula is C22H29N3O3. The maximum absolute atomic E-state index is 12.1. The van der Waals surface area contributed by atoms with Crippen molar-refractivity contribution >= 4 is 11.8 Å². The molecule has 150 valence electrons. The summed E-state index contributed by atoms with van der Waals surface area (Å²) in [4.78, 5) is 26.5. The van der Waals surface area contributed by atoms with Gasteiger partial charge in [0.15, 0.2) is 0 Å². The molecule has 1 aliphatic rings. The average molecular weight is 383 g/mol. The predicted molar refractivity (Wildman–Crippen MR) is 108 cm³/mol. The normalized spacial score (nSPS) is 19.9. The Labute approximate surface area is 166 Å². The minimum Gasteiger partial charge on any atom is -0.472 e. The number of hydrogen-bond donors (Lipinski definition) is 2. The minimum atomic E-state index is -0.322. The van der Waals surface area contributed by atoms with Crippen LogP contribution in [0.15, 0.2) is 47.3 Å². The molecule has 1 aromatic carbocycles. The van der Waals surface area contributed by atoms with Crippen LogP contribution in [0.4, 0.5) is 0 Å². The first-order chi connectivity index (χ1) is 13.5. The average Bonchev–Trinajstić information content (AvgIpc) is 3.19. The molecule has 1 fully saturated rings. The number of amides is 2. The van der Waals surface area contributed by atoms with Crippen LogP contribution >= 0.6 is 0 Å². The Hall–Kier alpha value is -2.60. The van der Waals surface area contributed by atoms with Crippen molar-refractivity contribution in [3.63, 3.8) is 0 Å². The van der Waals surface area contributed by atoms with E-state index in [1.54, 1.807) is 6.07 Å². The van der Waals surface area contributed by atoms with Crippen LogP contribution in [0, 0.1) is 11.8 Å². The van der Waals surface area contributed by atoms with Crippen molar-refractivity contribution in [2.24, 2.45) is 11.8 Å². The van der Waals surface area contributed by atoms with E-state index in [2.05, 4.69) is 41.5 Å². The summed E-state index contributed by atoms with van der Waals surface area (Å²) in [5, 5.41) is 5.49. The van der Waals surface area contributed by atoms with Gasteiger partial charge in [-0.15, -0.1) is 0 Å². The van der Waals surface area contributed by atoms with Gasteiger partial charge in [0.2, 0.25) is 5.91 Å². The molecule has 0 bridgehead atoms. The summed E-state index contributed by atoms with van der Waals surface area (Å²) in [7, 11) is 0. The summed E-state index contributed by atoms with van der Waals surface area (Å²) < 4.78 is 4.87. The van der Waals surface area contributed by atoms with Crippen LogP contribution in [0.3, 0.4) is 0 Å². The zero-order valence-corrected chi connectivity index (χ0v) is 16.6. The number of hydrogen-bond acceptors (Lipinski definition) is 4. The highest BCUT2D eigenvalue weighted by Gasteiger charge is 2.22. The van der Waals surface area contributed by atoms with E-state index in [-0.39, 0.29) is 18.4 Å². The number of carbonyl (C=O) groups excluding carboxylic acids is 2. The lowest BCUT2D eigenvalue weighted by Crippen LogP contribution is -2.38. The van der Waals surface area contributed by atoms with Gasteiger partial charge in [0.25, 0.3) is 5.91 Å². The molecule has 2 amide bonds. The van der Waals surface area contributed by atoms with Gasteiger partial charge in [0.1, 0.15) is 6.26 Å². The molecule has 0 saturated carbocycles. The fourth-order valence-corrected chi connectivity index (χ4v) is 3.96. The number of carbonyl (C=O) groups is 2. The molecule has 2 heterocycles. The highest BCUT2D eigenvalue weighted by Crippen LogP contribution is 2.23. The van der Waals surface area contributed by atoms with Gasteiger partial charge in [-0.2, -0.15) is 0 Å². The van der Waals surface area contributed by atoms with Crippen molar-refractivity contribution < 1.29 is 14.0 Å². The van der Waals surface area contributed by atoms with Crippen molar-refractivity contribution in [1.82, 2.24) is 15.5 Å². The summed E-state index contributed by atoms with van der Waals surface area (Å²) in [6, 6.07) is 9.78. The Morgan fingerprint density at radius 3 is 2.46 bits per heavy atom. The molecular weight excluding hydrogens is 354 g/mol. The summed E-state index contributed by atoms with van der Waals surface area (Å²) in [5.41, 5.74) is 2.76. The van der Waals surface area contributed by atoms with Crippen LogP contribution in [-0.2, 0) is 17.9 Å². The molecule has 1 aromatic heterocycles. The number of nitrogens with one attached hydrogen (secondary N) is 2. The number of furan rings is 1. The molecule has 0 aliphatic carbocycles. The first-order valence-corrected chi connectivity index (χ1v) is 9.87. The van der Waals surface area contributed by atoms with Crippen molar-refractivity contribution in [2.45, 2.75) is 33.4 Å². The Bertz CT molecular complexity index is 778. The monoisotopic (exact) mass is 383 g/mol. The molecule has 6 nitrogen and oxygen atoms in total. The third-order valence-corrected chi connectivity index (χ3v) is 5.13. The van der Waals surface area contributed by atoms with E-state index >= 15 is 0 Å². The zero-order valence-electron chi connectivity index (χ0n) is 16.6. The first-order valence-electron chi connectivity index (χ1n) is 9.87. The molecule has 0 radical (unpaired) electrons. The quantitative estimate of drug-likeness (QED) is 0.771. The van der Waals surface area contributed by atoms with E-state index in [9.17, 15) is 9.59 Å². The van der Waals surface area contributed by atoms with E-state index in [1.807, 2.05) is 12.1 Å². The van der Waals surface area contributed by atoms with Crippen LogP contribution in [0.2, 0.25) is 0 Å². The van der Waals surface area contributed by atoms with Crippen LogP contribution in [-0.4, -0.2) is 36.3 Å². The van der Waals surface area contributed by atoms with Crippen LogP contribution in [0.1, 0.15) is 41.8 Å². The van der Waals surface area contributed by atoms with Crippen molar-refractivity contribution in [3.05, 3.63) is 59.5 Å². The van der Waals surface area contributed by atoms with E-state index in [0.717, 1.165) is 37.0 Å². The molecule has 2 aromatic rings. The topological polar surface area (TPSA) is 74.6 Å². The molecule has 1 saturated heterocycles. The van der Waals surface area contributed by atoms with Crippen LogP contribution in [0.5, 0.6) is 0 Å². The Morgan fingerprint density at radius 1 is 1.07 bits per heavy atom. The number of nitrogens with zero attached hydrogens (tertiary/aromatic N) is 1. The first kappa shape index (κ1) is 20.1. The maximum atomic E-state index is 12.1.